The Morgan fingerprint density at radius 1 is 1.29 bits per heavy atom. The first-order chi connectivity index (χ1) is 10.1. The van der Waals surface area contributed by atoms with E-state index >= 15 is 0 Å². The molecule has 1 unspecified atom stereocenters. The van der Waals surface area contributed by atoms with Crippen molar-refractivity contribution >= 4 is 21.8 Å². The van der Waals surface area contributed by atoms with Crippen LogP contribution < -0.4 is 5.32 Å². The molecule has 1 N–H and O–H groups in total. The minimum absolute atomic E-state index is 0.0479. The van der Waals surface area contributed by atoms with Gasteiger partial charge < -0.3 is 10.2 Å². The summed E-state index contributed by atoms with van der Waals surface area (Å²) in [6.07, 6.45) is 4.57. The number of rotatable bonds is 4. The van der Waals surface area contributed by atoms with E-state index in [0.29, 0.717) is 12.0 Å². The molecular formula is C17H23BrN2O. The fourth-order valence-corrected chi connectivity index (χ4v) is 4.06. The summed E-state index contributed by atoms with van der Waals surface area (Å²) in [5, 5.41) is 3.51. The molecule has 1 saturated heterocycles. The number of likely N-dealkylation sites (tertiary alicyclic amines) is 1. The van der Waals surface area contributed by atoms with Crippen molar-refractivity contribution in [3.63, 3.8) is 0 Å². The standard InChI is InChI=1S/C17H23BrN2O/c1-12(17(21)20-8-4-5-9-20)19-14-10-13(11-14)15-6-2-3-7-16(15)18/h2-3,6-7,12-14,19H,4-5,8-11H2,1H3. The largest absolute Gasteiger partial charge is 0.341 e. The third kappa shape index (κ3) is 3.32. The van der Waals surface area contributed by atoms with Crippen molar-refractivity contribution in [2.75, 3.05) is 13.1 Å². The van der Waals surface area contributed by atoms with Crippen molar-refractivity contribution < 1.29 is 4.79 Å². The molecule has 3 nitrogen and oxygen atoms in total. The lowest BCUT2D eigenvalue weighted by Gasteiger charge is -2.38. The van der Waals surface area contributed by atoms with Crippen LogP contribution in [0.25, 0.3) is 0 Å². The molecule has 1 aliphatic carbocycles. The molecule has 1 heterocycles. The predicted molar refractivity (Wildman–Crippen MR) is 88.3 cm³/mol. The first-order valence-electron chi connectivity index (χ1n) is 7.94. The highest BCUT2D eigenvalue weighted by atomic mass is 79.9. The average Bonchev–Trinajstić information content (AvgIpc) is 2.96. The summed E-state index contributed by atoms with van der Waals surface area (Å²) >= 11 is 3.63. The Labute approximate surface area is 135 Å². The number of nitrogens with one attached hydrogen (secondary N) is 1. The van der Waals surface area contributed by atoms with Crippen LogP contribution >= 0.6 is 15.9 Å². The van der Waals surface area contributed by atoms with Gasteiger partial charge in [-0.25, -0.2) is 0 Å². The molecule has 1 saturated carbocycles. The second-order valence-corrected chi connectivity index (χ2v) is 7.16. The molecule has 1 aliphatic heterocycles. The number of carbonyl (C=O) groups excluding carboxylic acids is 1. The minimum atomic E-state index is -0.0479. The van der Waals surface area contributed by atoms with Crippen molar-refractivity contribution in [1.82, 2.24) is 10.2 Å². The normalized spacial score (nSPS) is 26.5. The molecule has 1 amide bonds. The van der Waals surface area contributed by atoms with Gasteiger partial charge in [-0.15, -0.1) is 0 Å². The van der Waals surface area contributed by atoms with Gasteiger partial charge in [-0.2, -0.15) is 0 Å². The van der Waals surface area contributed by atoms with Crippen LogP contribution in [0, 0.1) is 0 Å². The molecule has 2 fully saturated rings. The highest BCUT2D eigenvalue weighted by Gasteiger charge is 2.34. The molecule has 0 aromatic heterocycles. The topological polar surface area (TPSA) is 32.3 Å². The second-order valence-electron chi connectivity index (χ2n) is 6.31. The number of hydrogen-bond acceptors (Lipinski definition) is 2. The van der Waals surface area contributed by atoms with Gasteiger partial charge in [0.15, 0.2) is 0 Å². The van der Waals surface area contributed by atoms with Gasteiger partial charge >= 0.3 is 0 Å². The van der Waals surface area contributed by atoms with Crippen LogP contribution in [-0.4, -0.2) is 36.0 Å². The van der Waals surface area contributed by atoms with E-state index < -0.39 is 0 Å². The molecule has 21 heavy (non-hydrogen) atoms. The zero-order chi connectivity index (χ0) is 14.8. The maximum atomic E-state index is 12.3. The predicted octanol–water partition coefficient (Wildman–Crippen LogP) is 3.30. The SMILES string of the molecule is CC(NC1CC(c2ccccc2Br)C1)C(=O)N1CCCC1. The molecule has 0 spiro atoms. The third-order valence-electron chi connectivity index (χ3n) is 4.76. The van der Waals surface area contributed by atoms with Gasteiger partial charge in [-0.05, 0) is 50.2 Å². The summed E-state index contributed by atoms with van der Waals surface area (Å²) in [6.45, 7) is 3.89. The van der Waals surface area contributed by atoms with E-state index in [0.717, 1.165) is 38.8 Å². The van der Waals surface area contributed by atoms with Gasteiger partial charge in [0, 0.05) is 23.6 Å². The van der Waals surface area contributed by atoms with Crippen LogP contribution in [0.3, 0.4) is 0 Å². The molecule has 2 aliphatic rings. The molecule has 3 rings (SSSR count). The summed E-state index contributed by atoms with van der Waals surface area (Å²) < 4.78 is 1.20. The maximum Gasteiger partial charge on any atom is 0.239 e. The van der Waals surface area contributed by atoms with Gasteiger partial charge in [-0.3, -0.25) is 4.79 Å². The number of benzene rings is 1. The molecule has 1 atom stereocenters. The average molecular weight is 351 g/mol. The van der Waals surface area contributed by atoms with Gasteiger partial charge in [-0.1, -0.05) is 34.1 Å². The molecule has 0 radical (unpaired) electrons. The highest BCUT2D eigenvalue weighted by molar-refractivity contribution is 9.10. The Morgan fingerprint density at radius 2 is 1.95 bits per heavy atom. The van der Waals surface area contributed by atoms with Crippen LogP contribution in [0.5, 0.6) is 0 Å². The second kappa shape index (κ2) is 6.49. The molecular weight excluding hydrogens is 328 g/mol. The lowest BCUT2D eigenvalue weighted by molar-refractivity contribution is -0.132. The number of hydrogen-bond donors (Lipinski definition) is 1. The Hall–Kier alpha value is -0.870. The van der Waals surface area contributed by atoms with Gasteiger partial charge in [0.05, 0.1) is 6.04 Å². The molecule has 0 bridgehead atoms. The van der Waals surface area contributed by atoms with E-state index in [9.17, 15) is 4.79 Å². The van der Waals surface area contributed by atoms with E-state index in [1.165, 1.54) is 10.0 Å². The Morgan fingerprint density at radius 3 is 2.62 bits per heavy atom. The maximum absolute atomic E-state index is 12.3. The summed E-state index contributed by atoms with van der Waals surface area (Å²) in [7, 11) is 0. The van der Waals surface area contributed by atoms with Crippen molar-refractivity contribution in [2.45, 2.75) is 50.6 Å². The lowest BCUT2D eigenvalue weighted by Crippen LogP contribution is -2.51. The van der Waals surface area contributed by atoms with Crippen LogP contribution in [0.2, 0.25) is 0 Å². The third-order valence-corrected chi connectivity index (χ3v) is 5.48. The van der Waals surface area contributed by atoms with Crippen LogP contribution in [0.4, 0.5) is 0 Å². The van der Waals surface area contributed by atoms with Gasteiger partial charge in [0.1, 0.15) is 0 Å². The molecule has 1 aromatic carbocycles. The fourth-order valence-electron chi connectivity index (χ4n) is 3.45. The number of carbonyl (C=O) groups is 1. The van der Waals surface area contributed by atoms with Crippen LogP contribution in [0.15, 0.2) is 28.7 Å². The molecule has 114 valence electrons. The summed E-state index contributed by atoms with van der Waals surface area (Å²) in [5.74, 6) is 0.893. The summed E-state index contributed by atoms with van der Waals surface area (Å²) in [6, 6.07) is 8.88. The van der Waals surface area contributed by atoms with E-state index in [2.05, 4.69) is 45.5 Å². The van der Waals surface area contributed by atoms with Crippen molar-refractivity contribution in [3.8, 4) is 0 Å². The zero-order valence-corrected chi connectivity index (χ0v) is 14.1. The van der Waals surface area contributed by atoms with Crippen LogP contribution in [0.1, 0.15) is 44.1 Å². The number of halogens is 1. The van der Waals surface area contributed by atoms with Gasteiger partial charge in [0.2, 0.25) is 5.91 Å². The van der Waals surface area contributed by atoms with Crippen molar-refractivity contribution in [3.05, 3.63) is 34.3 Å². The number of amides is 1. The van der Waals surface area contributed by atoms with Crippen molar-refractivity contribution in [2.24, 2.45) is 0 Å². The summed E-state index contributed by atoms with van der Waals surface area (Å²) in [5.41, 5.74) is 1.40. The minimum Gasteiger partial charge on any atom is -0.341 e. The van der Waals surface area contributed by atoms with E-state index in [4.69, 9.17) is 0 Å². The quantitative estimate of drug-likeness (QED) is 0.903. The first-order valence-corrected chi connectivity index (χ1v) is 8.73. The molecule has 1 aromatic rings. The Balaban J connectivity index is 1.48. The Kier molecular flexibility index (Phi) is 4.65. The van der Waals surface area contributed by atoms with Gasteiger partial charge in [0.25, 0.3) is 0 Å². The summed E-state index contributed by atoms with van der Waals surface area (Å²) in [4.78, 5) is 14.3. The van der Waals surface area contributed by atoms with Crippen LogP contribution in [-0.2, 0) is 4.79 Å². The van der Waals surface area contributed by atoms with E-state index in [-0.39, 0.29) is 11.9 Å². The molecule has 4 heteroatoms. The zero-order valence-electron chi connectivity index (χ0n) is 12.5. The smallest absolute Gasteiger partial charge is 0.239 e. The first kappa shape index (κ1) is 15.0. The van der Waals surface area contributed by atoms with Crippen molar-refractivity contribution in [1.29, 1.82) is 0 Å². The lowest BCUT2D eigenvalue weighted by atomic mass is 9.75. The van der Waals surface area contributed by atoms with E-state index in [1.807, 2.05) is 11.8 Å². The fraction of sp³-hybridized carbons (Fsp3) is 0.588. The van der Waals surface area contributed by atoms with E-state index in [1.54, 1.807) is 0 Å². The Bertz CT molecular complexity index is 507. The monoisotopic (exact) mass is 350 g/mol. The highest BCUT2D eigenvalue weighted by Crippen LogP contribution is 2.40. The number of nitrogens with zero attached hydrogens (tertiary/aromatic N) is 1.